The molecule has 162 valence electrons. The van der Waals surface area contributed by atoms with Gasteiger partial charge in [-0.15, -0.1) is 0 Å². The fourth-order valence-electron chi connectivity index (χ4n) is 2.84. The number of hydrogen-bond acceptors (Lipinski definition) is 6. The van der Waals surface area contributed by atoms with Gasteiger partial charge in [-0.1, -0.05) is 0 Å². The molecule has 0 aliphatic carbocycles. The molecule has 1 aromatic carbocycles. The molecule has 29 heavy (non-hydrogen) atoms. The Balaban J connectivity index is 2.90. The summed E-state index contributed by atoms with van der Waals surface area (Å²) >= 11 is 0. The first-order valence-electron chi connectivity index (χ1n) is 10.2. The van der Waals surface area contributed by atoms with Crippen LogP contribution in [0.15, 0.2) is 12.1 Å². The van der Waals surface area contributed by atoms with E-state index in [0.29, 0.717) is 69.8 Å². The number of carbonyl (C=O) groups excluding carboxylic acids is 2. The molecule has 0 aromatic heterocycles. The van der Waals surface area contributed by atoms with Crippen molar-refractivity contribution in [1.82, 2.24) is 0 Å². The zero-order valence-electron chi connectivity index (χ0n) is 17.5. The number of benzene rings is 1. The number of unbranched alkanes of at least 4 members (excludes halogenated alkanes) is 2. The zero-order valence-corrected chi connectivity index (χ0v) is 17.5. The van der Waals surface area contributed by atoms with Crippen LogP contribution < -0.4 is 15.2 Å². The minimum absolute atomic E-state index is 0.0963. The van der Waals surface area contributed by atoms with Gasteiger partial charge in [0.1, 0.15) is 23.1 Å². The average Bonchev–Trinajstić information content (AvgIpc) is 2.65. The standard InChI is InChI=1S/C22H33NO6/c1-16(24)8-3-5-12-28-20-14-18(22(26)27)15-21(19(20)10-7-11-23)29-13-6-4-9-17(2)25/h14-15H,3-13,23H2,1-2H3,(H,26,27). The largest absolute Gasteiger partial charge is 0.493 e. The number of ketones is 2. The number of nitrogens with two attached hydrogens (primary N) is 1. The van der Waals surface area contributed by atoms with Gasteiger partial charge in [-0.2, -0.15) is 0 Å². The van der Waals surface area contributed by atoms with Crippen molar-refractivity contribution in [3.63, 3.8) is 0 Å². The molecular formula is C22H33NO6. The summed E-state index contributed by atoms with van der Waals surface area (Å²) in [7, 11) is 0. The molecule has 0 saturated heterocycles. The Morgan fingerprint density at radius 3 is 1.72 bits per heavy atom. The summed E-state index contributed by atoms with van der Waals surface area (Å²) < 4.78 is 11.7. The van der Waals surface area contributed by atoms with Crippen LogP contribution in [0.25, 0.3) is 0 Å². The molecule has 1 rings (SSSR count). The van der Waals surface area contributed by atoms with E-state index in [1.54, 1.807) is 13.8 Å². The van der Waals surface area contributed by atoms with Crippen LogP contribution in [0.1, 0.15) is 74.7 Å². The predicted octanol–water partition coefficient (Wildman–Crippen LogP) is 3.55. The number of carboxylic acid groups (broad SMARTS) is 1. The summed E-state index contributed by atoms with van der Waals surface area (Å²) in [5.41, 5.74) is 6.55. The second-order valence-electron chi connectivity index (χ2n) is 7.16. The molecule has 0 saturated carbocycles. The van der Waals surface area contributed by atoms with E-state index in [9.17, 15) is 19.5 Å². The number of rotatable bonds is 16. The number of hydrogen-bond donors (Lipinski definition) is 2. The second kappa shape index (κ2) is 13.7. The van der Waals surface area contributed by atoms with Crippen LogP contribution in [0.4, 0.5) is 0 Å². The molecule has 7 heteroatoms. The van der Waals surface area contributed by atoms with Crippen molar-refractivity contribution in [3.8, 4) is 11.5 Å². The highest BCUT2D eigenvalue weighted by molar-refractivity contribution is 5.89. The van der Waals surface area contributed by atoms with Gasteiger partial charge in [0.2, 0.25) is 0 Å². The number of aromatic carboxylic acids is 1. The van der Waals surface area contributed by atoms with Crippen LogP contribution in [0, 0.1) is 0 Å². The van der Waals surface area contributed by atoms with Crippen LogP contribution in [0.2, 0.25) is 0 Å². The van der Waals surface area contributed by atoms with Crippen LogP contribution >= 0.6 is 0 Å². The van der Waals surface area contributed by atoms with Gasteiger partial charge in [-0.05, 0) is 71.0 Å². The number of carboxylic acids is 1. The molecular weight excluding hydrogens is 374 g/mol. The summed E-state index contributed by atoms with van der Waals surface area (Å²) in [5.74, 6) is 0.196. The summed E-state index contributed by atoms with van der Waals surface area (Å²) in [6, 6.07) is 3.03. The van der Waals surface area contributed by atoms with Gasteiger partial charge < -0.3 is 29.9 Å². The van der Waals surface area contributed by atoms with E-state index in [2.05, 4.69) is 0 Å². The molecule has 0 heterocycles. The van der Waals surface area contributed by atoms with Gasteiger partial charge in [0.15, 0.2) is 0 Å². The number of Topliss-reactive ketones (excluding diaryl/α,β-unsaturated/α-hetero) is 2. The second-order valence-corrected chi connectivity index (χ2v) is 7.16. The van der Waals surface area contributed by atoms with Crippen molar-refractivity contribution in [2.75, 3.05) is 19.8 Å². The van der Waals surface area contributed by atoms with Crippen LogP contribution in [-0.2, 0) is 16.0 Å². The monoisotopic (exact) mass is 407 g/mol. The molecule has 0 fully saturated rings. The van der Waals surface area contributed by atoms with Crippen molar-refractivity contribution < 1.29 is 29.0 Å². The Bertz CT molecular complexity index is 641. The summed E-state index contributed by atoms with van der Waals surface area (Å²) in [6.07, 6.45) is 5.20. The SMILES string of the molecule is CC(=O)CCCCOc1cc(C(=O)O)cc(OCCCCC(C)=O)c1CCCN. The first kappa shape index (κ1) is 24.6. The van der Waals surface area contributed by atoms with Crippen LogP contribution in [0.3, 0.4) is 0 Å². The van der Waals surface area contributed by atoms with Crippen LogP contribution in [-0.4, -0.2) is 42.4 Å². The third-order valence-electron chi connectivity index (χ3n) is 4.41. The minimum atomic E-state index is -1.06. The lowest BCUT2D eigenvalue weighted by molar-refractivity contribution is -0.118. The molecule has 1 aromatic rings. The molecule has 3 N–H and O–H groups in total. The minimum Gasteiger partial charge on any atom is -0.493 e. The maximum atomic E-state index is 11.5. The smallest absolute Gasteiger partial charge is 0.335 e. The molecule has 0 atom stereocenters. The van der Waals surface area contributed by atoms with E-state index in [1.165, 1.54) is 12.1 Å². The molecule has 0 spiro atoms. The lowest BCUT2D eigenvalue weighted by Crippen LogP contribution is -2.09. The average molecular weight is 408 g/mol. The Hall–Kier alpha value is -2.41. The summed E-state index contributed by atoms with van der Waals surface area (Å²) in [5, 5.41) is 9.44. The molecule has 7 nitrogen and oxygen atoms in total. The Morgan fingerprint density at radius 1 is 0.862 bits per heavy atom. The lowest BCUT2D eigenvalue weighted by Gasteiger charge is -2.17. The first-order chi connectivity index (χ1) is 13.8. The Kier molecular flexibility index (Phi) is 11.6. The van der Waals surface area contributed by atoms with Gasteiger partial charge in [-0.25, -0.2) is 4.79 Å². The maximum absolute atomic E-state index is 11.5. The highest BCUT2D eigenvalue weighted by Gasteiger charge is 2.17. The van der Waals surface area contributed by atoms with Gasteiger partial charge in [0.25, 0.3) is 0 Å². The highest BCUT2D eigenvalue weighted by Crippen LogP contribution is 2.32. The van der Waals surface area contributed by atoms with Gasteiger partial charge in [0.05, 0.1) is 18.8 Å². The molecule has 0 aliphatic rings. The van der Waals surface area contributed by atoms with Crippen molar-refractivity contribution in [1.29, 1.82) is 0 Å². The normalized spacial score (nSPS) is 10.6. The van der Waals surface area contributed by atoms with Crippen LogP contribution in [0.5, 0.6) is 11.5 Å². The fraction of sp³-hybridized carbons (Fsp3) is 0.591. The van der Waals surface area contributed by atoms with Gasteiger partial charge >= 0.3 is 5.97 Å². The van der Waals surface area contributed by atoms with Crippen molar-refractivity contribution in [2.45, 2.75) is 65.2 Å². The third-order valence-corrected chi connectivity index (χ3v) is 4.41. The van der Waals surface area contributed by atoms with E-state index in [0.717, 1.165) is 18.4 Å². The lowest BCUT2D eigenvalue weighted by atomic mass is 10.0. The Morgan fingerprint density at radius 2 is 1.34 bits per heavy atom. The van der Waals surface area contributed by atoms with Crippen molar-refractivity contribution in [2.24, 2.45) is 5.73 Å². The van der Waals surface area contributed by atoms with E-state index in [4.69, 9.17) is 15.2 Å². The quantitative estimate of drug-likeness (QED) is 0.403. The first-order valence-corrected chi connectivity index (χ1v) is 10.2. The number of carbonyl (C=O) groups is 3. The zero-order chi connectivity index (χ0) is 21.6. The molecule has 0 unspecified atom stereocenters. The highest BCUT2D eigenvalue weighted by atomic mass is 16.5. The van der Waals surface area contributed by atoms with E-state index >= 15 is 0 Å². The fourth-order valence-corrected chi connectivity index (χ4v) is 2.84. The van der Waals surface area contributed by atoms with E-state index in [-0.39, 0.29) is 17.1 Å². The third kappa shape index (κ3) is 10.1. The van der Waals surface area contributed by atoms with Crippen molar-refractivity contribution >= 4 is 17.5 Å². The molecule has 0 aliphatic heterocycles. The predicted molar refractivity (Wildman–Crippen MR) is 111 cm³/mol. The number of ether oxygens (including phenoxy) is 2. The summed E-state index contributed by atoms with van der Waals surface area (Å²) in [6.45, 7) is 4.40. The van der Waals surface area contributed by atoms with E-state index < -0.39 is 5.97 Å². The molecule has 0 bridgehead atoms. The maximum Gasteiger partial charge on any atom is 0.335 e. The van der Waals surface area contributed by atoms with E-state index in [1.807, 2.05) is 0 Å². The topological polar surface area (TPSA) is 116 Å². The van der Waals surface area contributed by atoms with Gasteiger partial charge in [0, 0.05) is 18.4 Å². The van der Waals surface area contributed by atoms with Crippen molar-refractivity contribution in [3.05, 3.63) is 23.3 Å². The van der Waals surface area contributed by atoms with Gasteiger partial charge in [-0.3, -0.25) is 0 Å². The summed E-state index contributed by atoms with van der Waals surface area (Å²) in [4.78, 5) is 33.6. The Labute approximate surface area is 172 Å². The molecule has 0 radical (unpaired) electrons. The molecule has 0 amide bonds.